The lowest BCUT2D eigenvalue weighted by atomic mass is 9.71. The van der Waals surface area contributed by atoms with Crippen LogP contribution in [0.1, 0.15) is 51.8 Å². The van der Waals surface area contributed by atoms with Crippen molar-refractivity contribution in [3.63, 3.8) is 0 Å². The summed E-state index contributed by atoms with van der Waals surface area (Å²) in [4.78, 5) is 12.3. The van der Waals surface area contributed by atoms with E-state index in [9.17, 15) is 15.0 Å². The van der Waals surface area contributed by atoms with E-state index >= 15 is 0 Å². The summed E-state index contributed by atoms with van der Waals surface area (Å²) in [5, 5.41) is 22.0. The quantitative estimate of drug-likeness (QED) is 0.573. The van der Waals surface area contributed by atoms with Crippen LogP contribution in [0.15, 0.2) is 42.5 Å². The maximum atomic E-state index is 12.3. The predicted molar refractivity (Wildman–Crippen MR) is 121 cm³/mol. The SMILES string of the molecule is C[C@@H](O)c1ccc2ccc(/C=C/[C@@](C)(C(=O)O)C(O[Si](C)C)C(C)(C)C)cc2c1. The predicted octanol–water partition coefficient (Wildman–Crippen LogP) is 5.68. The third kappa shape index (κ3) is 5.56. The van der Waals surface area contributed by atoms with Gasteiger partial charge in [-0.1, -0.05) is 57.2 Å². The van der Waals surface area contributed by atoms with Crippen molar-refractivity contribution in [3.05, 3.63) is 53.6 Å². The first-order valence-electron chi connectivity index (χ1n) is 9.96. The second-order valence-electron chi connectivity index (χ2n) is 9.24. The molecule has 0 bridgehead atoms. The van der Waals surface area contributed by atoms with Crippen LogP contribution in [0.4, 0.5) is 0 Å². The van der Waals surface area contributed by atoms with Gasteiger partial charge in [0.1, 0.15) is 5.41 Å². The van der Waals surface area contributed by atoms with E-state index in [1.807, 2.05) is 76.3 Å². The Kier molecular flexibility index (Phi) is 7.09. The standard InChI is InChI=1S/C24H33O4Si/c1-16(25)19-11-10-18-9-8-17(14-20(18)15-19)12-13-24(5,22(26)27)21(23(2,3)4)28-29(6)7/h8-16,21,25H,1-7H3,(H,26,27)/b13-12+/t16-,21?,24-/m1/s1. The maximum Gasteiger partial charge on any atom is 0.315 e. The van der Waals surface area contributed by atoms with E-state index in [4.69, 9.17) is 4.43 Å². The fourth-order valence-electron chi connectivity index (χ4n) is 3.62. The number of aliphatic hydroxyl groups excluding tert-OH is 1. The van der Waals surface area contributed by atoms with Crippen LogP contribution < -0.4 is 0 Å². The first-order chi connectivity index (χ1) is 13.3. The molecule has 1 radical (unpaired) electrons. The molecule has 0 aliphatic carbocycles. The molecular weight excluding hydrogens is 380 g/mol. The summed E-state index contributed by atoms with van der Waals surface area (Å²) in [7, 11) is -1.08. The normalized spacial score (nSPS) is 16.9. The van der Waals surface area contributed by atoms with Crippen molar-refractivity contribution in [2.45, 2.75) is 59.9 Å². The Morgan fingerprint density at radius 1 is 1.07 bits per heavy atom. The number of hydrogen-bond donors (Lipinski definition) is 2. The summed E-state index contributed by atoms with van der Waals surface area (Å²) < 4.78 is 6.18. The molecule has 5 heteroatoms. The molecule has 4 nitrogen and oxygen atoms in total. The topological polar surface area (TPSA) is 66.8 Å². The molecule has 0 aliphatic rings. The van der Waals surface area contributed by atoms with Crippen LogP contribution in [-0.2, 0) is 9.22 Å². The van der Waals surface area contributed by atoms with Crippen molar-refractivity contribution >= 4 is 31.9 Å². The number of fused-ring (bicyclic) bond motifs is 1. The molecule has 0 spiro atoms. The third-order valence-electron chi connectivity index (χ3n) is 5.14. The highest BCUT2D eigenvalue weighted by molar-refractivity contribution is 6.48. The molecule has 0 amide bonds. The highest BCUT2D eigenvalue weighted by Crippen LogP contribution is 2.39. The second kappa shape index (κ2) is 8.82. The number of benzene rings is 2. The highest BCUT2D eigenvalue weighted by atomic mass is 28.3. The number of carboxylic acids is 1. The van der Waals surface area contributed by atoms with Gasteiger partial charge in [0.15, 0.2) is 0 Å². The fraction of sp³-hybridized carbons (Fsp3) is 0.458. The van der Waals surface area contributed by atoms with Gasteiger partial charge in [-0.3, -0.25) is 4.79 Å². The molecule has 0 fully saturated rings. The largest absolute Gasteiger partial charge is 0.481 e. The lowest BCUT2D eigenvalue weighted by Crippen LogP contribution is -2.49. The van der Waals surface area contributed by atoms with Crippen molar-refractivity contribution in [2.24, 2.45) is 10.8 Å². The van der Waals surface area contributed by atoms with Gasteiger partial charge in [-0.2, -0.15) is 0 Å². The summed E-state index contributed by atoms with van der Waals surface area (Å²) >= 11 is 0. The van der Waals surface area contributed by atoms with Crippen molar-refractivity contribution in [3.8, 4) is 0 Å². The average Bonchev–Trinajstić information content (AvgIpc) is 2.62. The van der Waals surface area contributed by atoms with Crippen LogP contribution in [0.25, 0.3) is 16.8 Å². The zero-order valence-corrected chi connectivity index (χ0v) is 19.5. The van der Waals surface area contributed by atoms with E-state index in [1.165, 1.54) is 0 Å². The Morgan fingerprint density at radius 2 is 1.69 bits per heavy atom. The van der Waals surface area contributed by atoms with Gasteiger partial charge in [0, 0.05) is 0 Å². The second-order valence-corrected chi connectivity index (χ2v) is 11.3. The average molecular weight is 414 g/mol. The van der Waals surface area contributed by atoms with Gasteiger partial charge in [-0.05, 0) is 66.4 Å². The molecule has 157 valence electrons. The van der Waals surface area contributed by atoms with Crippen molar-refractivity contribution in [1.82, 2.24) is 0 Å². The Labute approximate surface area is 175 Å². The molecule has 0 saturated heterocycles. The summed E-state index contributed by atoms with van der Waals surface area (Å²) in [6.45, 7) is 13.6. The number of aliphatic hydroxyl groups is 1. The molecule has 2 aromatic carbocycles. The van der Waals surface area contributed by atoms with E-state index in [2.05, 4.69) is 0 Å². The summed E-state index contributed by atoms with van der Waals surface area (Å²) in [6.07, 6.45) is 2.64. The minimum atomic E-state index is -1.16. The summed E-state index contributed by atoms with van der Waals surface area (Å²) in [6, 6.07) is 11.9. The van der Waals surface area contributed by atoms with Gasteiger partial charge < -0.3 is 14.6 Å². The molecule has 0 aromatic heterocycles. The van der Waals surface area contributed by atoms with Crippen molar-refractivity contribution in [1.29, 1.82) is 0 Å². The smallest absolute Gasteiger partial charge is 0.315 e. The van der Waals surface area contributed by atoms with Gasteiger partial charge in [0.25, 0.3) is 0 Å². The van der Waals surface area contributed by atoms with Crippen LogP contribution in [-0.4, -0.2) is 31.3 Å². The van der Waals surface area contributed by atoms with Gasteiger partial charge in [0.05, 0.1) is 12.2 Å². The molecule has 0 saturated carbocycles. The van der Waals surface area contributed by atoms with Crippen LogP contribution in [0.2, 0.25) is 13.1 Å². The fourth-order valence-corrected chi connectivity index (χ4v) is 4.69. The lowest BCUT2D eigenvalue weighted by Gasteiger charge is -2.41. The zero-order valence-electron chi connectivity index (χ0n) is 18.5. The Hall–Kier alpha value is -1.95. The van der Waals surface area contributed by atoms with Gasteiger partial charge in [0.2, 0.25) is 9.04 Å². The first kappa shape index (κ1) is 23.3. The Morgan fingerprint density at radius 3 is 2.21 bits per heavy atom. The summed E-state index contributed by atoms with van der Waals surface area (Å²) in [5.41, 5.74) is 0.292. The number of rotatable bonds is 7. The molecule has 29 heavy (non-hydrogen) atoms. The monoisotopic (exact) mass is 413 g/mol. The molecule has 0 heterocycles. The minimum Gasteiger partial charge on any atom is -0.481 e. The van der Waals surface area contributed by atoms with Crippen molar-refractivity contribution < 1.29 is 19.4 Å². The van der Waals surface area contributed by atoms with Crippen LogP contribution in [0.3, 0.4) is 0 Å². The number of carbonyl (C=O) groups is 1. The van der Waals surface area contributed by atoms with Gasteiger partial charge >= 0.3 is 5.97 Å². The lowest BCUT2D eigenvalue weighted by molar-refractivity contribution is -0.153. The maximum absolute atomic E-state index is 12.3. The Balaban J connectivity index is 2.46. The van der Waals surface area contributed by atoms with E-state index in [0.717, 1.165) is 21.9 Å². The van der Waals surface area contributed by atoms with Crippen LogP contribution >= 0.6 is 0 Å². The van der Waals surface area contributed by atoms with E-state index in [-0.39, 0.29) is 5.41 Å². The van der Waals surface area contributed by atoms with E-state index in [0.29, 0.717) is 0 Å². The molecular formula is C24H33O4Si. The molecule has 2 rings (SSSR count). The number of carboxylic acid groups (broad SMARTS) is 1. The molecule has 2 aromatic rings. The summed E-state index contributed by atoms with van der Waals surface area (Å²) in [5.74, 6) is -0.894. The van der Waals surface area contributed by atoms with E-state index in [1.54, 1.807) is 19.9 Å². The highest BCUT2D eigenvalue weighted by Gasteiger charge is 2.46. The molecule has 1 unspecified atom stereocenters. The van der Waals surface area contributed by atoms with Gasteiger partial charge in [-0.25, -0.2) is 0 Å². The van der Waals surface area contributed by atoms with Crippen LogP contribution in [0.5, 0.6) is 0 Å². The van der Waals surface area contributed by atoms with Crippen molar-refractivity contribution in [2.75, 3.05) is 0 Å². The zero-order chi connectivity index (χ0) is 22.0. The first-order valence-corrected chi connectivity index (χ1v) is 12.4. The van der Waals surface area contributed by atoms with E-state index < -0.39 is 32.6 Å². The number of hydrogen-bond acceptors (Lipinski definition) is 3. The third-order valence-corrected chi connectivity index (χ3v) is 5.85. The van der Waals surface area contributed by atoms with Crippen LogP contribution in [0, 0.1) is 10.8 Å². The molecule has 0 aliphatic heterocycles. The molecule has 3 atom stereocenters. The molecule has 2 N–H and O–H groups in total. The Bertz CT molecular complexity index is 895. The van der Waals surface area contributed by atoms with Gasteiger partial charge in [-0.15, -0.1) is 0 Å². The number of aliphatic carboxylic acids is 1. The minimum absolute atomic E-state index is 0.324.